The van der Waals surface area contributed by atoms with E-state index in [1.165, 1.54) is 0 Å². The maximum absolute atomic E-state index is 13.6. The number of carbonyl (C=O) groups excluding carboxylic acids is 1. The minimum atomic E-state index is -1.05. The molecule has 0 bridgehead atoms. The molecule has 1 aromatic carbocycles. The van der Waals surface area contributed by atoms with Gasteiger partial charge in [-0.1, -0.05) is 0 Å². The van der Waals surface area contributed by atoms with E-state index in [9.17, 15) is 13.6 Å². The summed E-state index contributed by atoms with van der Waals surface area (Å²) in [5.41, 5.74) is 4.50. The van der Waals surface area contributed by atoms with E-state index in [2.05, 4.69) is 5.32 Å². The Labute approximate surface area is 122 Å². The minimum absolute atomic E-state index is 0.0130. The van der Waals surface area contributed by atoms with Crippen molar-refractivity contribution in [3.8, 4) is 5.75 Å². The van der Waals surface area contributed by atoms with E-state index in [0.717, 1.165) is 31.0 Å². The molecule has 0 aliphatic heterocycles. The van der Waals surface area contributed by atoms with Gasteiger partial charge in [0, 0.05) is 12.1 Å². The van der Waals surface area contributed by atoms with Crippen molar-refractivity contribution >= 4 is 5.91 Å². The molecule has 1 aliphatic rings. The standard InChI is InChI=1S/C15H20F2N2O2/c1-9(2)19-15(14(18)20,10-3-4-10)8-21-13-7-11(16)5-6-12(13)17/h5-7,9-10,19H,3-4,8H2,1-2H3,(H2,18,20). The Bertz CT molecular complexity index is 532. The van der Waals surface area contributed by atoms with Crippen molar-refractivity contribution in [2.45, 2.75) is 38.3 Å². The van der Waals surface area contributed by atoms with E-state index in [4.69, 9.17) is 10.5 Å². The molecule has 3 N–H and O–H groups in total. The summed E-state index contributed by atoms with van der Waals surface area (Å²) in [6.45, 7) is 3.66. The highest BCUT2D eigenvalue weighted by Gasteiger charge is 2.51. The molecule has 0 aromatic heterocycles. The molecule has 1 aromatic rings. The van der Waals surface area contributed by atoms with Gasteiger partial charge in [0.15, 0.2) is 11.6 Å². The van der Waals surface area contributed by atoms with Crippen molar-refractivity contribution < 1.29 is 18.3 Å². The van der Waals surface area contributed by atoms with Crippen LogP contribution < -0.4 is 15.8 Å². The third-order valence-corrected chi connectivity index (χ3v) is 3.61. The predicted octanol–water partition coefficient (Wildman–Crippen LogP) is 1.98. The van der Waals surface area contributed by atoms with Crippen LogP contribution in [0.1, 0.15) is 26.7 Å². The minimum Gasteiger partial charge on any atom is -0.488 e. The van der Waals surface area contributed by atoms with Gasteiger partial charge in [-0.25, -0.2) is 8.78 Å². The van der Waals surface area contributed by atoms with Gasteiger partial charge in [-0.3, -0.25) is 10.1 Å². The van der Waals surface area contributed by atoms with Gasteiger partial charge in [0.1, 0.15) is 18.0 Å². The summed E-state index contributed by atoms with van der Waals surface area (Å²) in [7, 11) is 0. The number of benzene rings is 1. The number of hydrogen-bond acceptors (Lipinski definition) is 3. The second-order valence-electron chi connectivity index (χ2n) is 5.77. The van der Waals surface area contributed by atoms with Crippen LogP contribution in [0.25, 0.3) is 0 Å². The molecule has 1 unspecified atom stereocenters. The third-order valence-electron chi connectivity index (χ3n) is 3.61. The summed E-state index contributed by atoms with van der Waals surface area (Å²) in [5, 5.41) is 3.14. The number of ether oxygens (including phenoxy) is 1. The molecule has 6 heteroatoms. The first-order chi connectivity index (χ1) is 9.85. The van der Waals surface area contributed by atoms with E-state index in [1.54, 1.807) is 0 Å². The van der Waals surface area contributed by atoms with Crippen molar-refractivity contribution in [2.24, 2.45) is 11.7 Å². The van der Waals surface area contributed by atoms with Gasteiger partial charge in [0.05, 0.1) is 0 Å². The SMILES string of the molecule is CC(C)NC(COc1cc(F)ccc1F)(C(N)=O)C1CC1. The summed E-state index contributed by atoms with van der Waals surface area (Å²) >= 11 is 0. The van der Waals surface area contributed by atoms with Gasteiger partial charge in [-0.05, 0) is 44.7 Å². The number of nitrogens with one attached hydrogen (secondary N) is 1. The number of halogens is 2. The fourth-order valence-corrected chi connectivity index (χ4v) is 2.49. The number of rotatable bonds is 7. The Kier molecular flexibility index (Phi) is 4.46. The van der Waals surface area contributed by atoms with Crippen LogP contribution in [-0.2, 0) is 4.79 Å². The third kappa shape index (κ3) is 3.50. The highest BCUT2D eigenvalue weighted by Crippen LogP contribution is 2.40. The molecule has 1 amide bonds. The first-order valence-electron chi connectivity index (χ1n) is 7.00. The summed E-state index contributed by atoms with van der Waals surface area (Å²) in [6, 6.07) is 2.98. The maximum atomic E-state index is 13.6. The Hall–Kier alpha value is -1.69. The van der Waals surface area contributed by atoms with Crippen LogP contribution in [0.3, 0.4) is 0 Å². The van der Waals surface area contributed by atoms with Crippen LogP contribution in [-0.4, -0.2) is 24.1 Å². The smallest absolute Gasteiger partial charge is 0.241 e. The molecular weight excluding hydrogens is 278 g/mol. The Morgan fingerprint density at radius 1 is 1.48 bits per heavy atom. The molecule has 0 heterocycles. The topological polar surface area (TPSA) is 64.3 Å². The van der Waals surface area contributed by atoms with E-state index >= 15 is 0 Å². The highest BCUT2D eigenvalue weighted by molar-refractivity contribution is 5.86. The van der Waals surface area contributed by atoms with Crippen molar-refractivity contribution in [2.75, 3.05) is 6.61 Å². The fourth-order valence-electron chi connectivity index (χ4n) is 2.49. The molecule has 116 valence electrons. The summed E-state index contributed by atoms with van der Waals surface area (Å²) in [6.07, 6.45) is 1.72. The lowest BCUT2D eigenvalue weighted by Gasteiger charge is -2.33. The zero-order chi connectivity index (χ0) is 15.6. The maximum Gasteiger partial charge on any atom is 0.241 e. The number of hydrogen-bond donors (Lipinski definition) is 2. The average Bonchev–Trinajstić information content (AvgIpc) is 3.22. The number of amides is 1. The predicted molar refractivity (Wildman–Crippen MR) is 74.8 cm³/mol. The Balaban J connectivity index is 2.19. The van der Waals surface area contributed by atoms with E-state index in [0.29, 0.717) is 0 Å². The summed E-state index contributed by atoms with van der Waals surface area (Å²) in [4.78, 5) is 11.9. The molecule has 1 atom stereocenters. The second-order valence-corrected chi connectivity index (χ2v) is 5.77. The zero-order valence-corrected chi connectivity index (χ0v) is 12.2. The van der Waals surface area contributed by atoms with Crippen molar-refractivity contribution in [1.82, 2.24) is 5.32 Å². The molecular formula is C15H20F2N2O2. The summed E-state index contributed by atoms with van der Waals surface area (Å²) < 4.78 is 32.1. The molecule has 0 radical (unpaired) electrons. The van der Waals surface area contributed by atoms with Crippen molar-refractivity contribution in [3.05, 3.63) is 29.8 Å². The van der Waals surface area contributed by atoms with Gasteiger partial charge in [0.2, 0.25) is 5.91 Å². The molecule has 21 heavy (non-hydrogen) atoms. The van der Waals surface area contributed by atoms with Crippen LogP contribution in [0.5, 0.6) is 5.75 Å². The van der Waals surface area contributed by atoms with Gasteiger partial charge >= 0.3 is 0 Å². The molecule has 0 saturated heterocycles. The van der Waals surface area contributed by atoms with Gasteiger partial charge in [-0.15, -0.1) is 0 Å². The fraction of sp³-hybridized carbons (Fsp3) is 0.533. The molecule has 0 spiro atoms. The van der Waals surface area contributed by atoms with Crippen LogP contribution in [0.2, 0.25) is 0 Å². The van der Waals surface area contributed by atoms with E-state index in [-0.39, 0.29) is 24.3 Å². The highest BCUT2D eigenvalue weighted by atomic mass is 19.1. The number of primary amides is 1. The largest absolute Gasteiger partial charge is 0.488 e. The van der Waals surface area contributed by atoms with Gasteiger partial charge < -0.3 is 10.5 Å². The molecule has 1 fully saturated rings. The molecule has 1 aliphatic carbocycles. The number of nitrogens with two attached hydrogens (primary N) is 1. The summed E-state index contributed by atoms with van der Waals surface area (Å²) in [5.74, 6) is -1.95. The van der Waals surface area contributed by atoms with Gasteiger partial charge in [0.25, 0.3) is 0 Å². The molecule has 2 rings (SSSR count). The van der Waals surface area contributed by atoms with Crippen LogP contribution in [0.15, 0.2) is 18.2 Å². The lowest BCUT2D eigenvalue weighted by molar-refractivity contribution is -0.127. The van der Waals surface area contributed by atoms with Crippen LogP contribution in [0, 0.1) is 17.6 Å². The van der Waals surface area contributed by atoms with Crippen molar-refractivity contribution in [1.29, 1.82) is 0 Å². The first-order valence-corrected chi connectivity index (χ1v) is 7.00. The van der Waals surface area contributed by atoms with E-state index in [1.807, 2.05) is 13.8 Å². The normalized spacial score (nSPS) is 17.6. The Morgan fingerprint density at radius 2 is 2.14 bits per heavy atom. The lowest BCUT2D eigenvalue weighted by atomic mass is 9.92. The average molecular weight is 298 g/mol. The Morgan fingerprint density at radius 3 is 2.67 bits per heavy atom. The quantitative estimate of drug-likeness (QED) is 0.809. The van der Waals surface area contributed by atoms with Crippen LogP contribution >= 0.6 is 0 Å². The van der Waals surface area contributed by atoms with Crippen molar-refractivity contribution in [3.63, 3.8) is 0 Å². The zero-order valence-electron chi connectivity index (χ0n) is 12.2. The first kappa shape index (κ1) is 15.7. The van der Waals surface area contributed by atoms with Gasteiger partial charge in [-0.2, -0.15) is 0 Å². The number of carbonyl (C=O) groups is 1. The second kappa shape index (κ2) is 5.97. The van der Waals surface area contributed by atoms with E-state index < -0.39 is 23.1 Å². The molecule has 1 saturated carbocycles. The van der Waals surface area contributed by atoms with Crippen LogP contribution in [0.4, 0.5) is 8.78 Å². The lowest BCUT2D eigenvalue weighted by Crippen LogP contribution is -2.62. The molecule has 4 nitrogen and oxygen atoms in total. The monoisotopic (exact) mass is 298 g/mol.